The fourth-order valence-electron chi connectivity index (χ4n) is 2.32. The molecule has 4 aromatic rings. The van der Waals surface area contributed by atoms with Gasteiger partial charge in [0, 0.05) is 35.2 Å². The van der Waals surface area contributed by atoms with Gasteiger partial charge in [0.1, 0.15) is 0 Å². The quantitative estimate of drug-likeness (QED) is 0.526. The number of aromatic nitrogens is 4. The molecule has 27 heavy (non-hydrogen) atoms. The molecule has 0 amide bonds. The number of hydrogen-bond donors (Lipinski definition) is 2. The van der Waals surface area contributed by atoms with E-state index in [1.165, 1.54) is 0 Å². The van der Waals surface area contributed by atoms with Crippen LogP contribution in [0.25, 0.3) is 28.0 Å². The number of carboxylic acids is 2. The Morgan fingerprint density at radius 1 is 0.963 bits per heavy atom. The molecule has 0 saturated heterocycles. The van der Waals surface area contributed by atoms with E-state index in [2.05, 4.69) is 21.0 Å². The highest BCUT2D eigenvalue weighted by atomic mass is 16.4. The molecule has 8 heteroatoms. The van der Waals surface area contributed by atoms with E-state index in [0.29, 0.717) is 0 Å². The Kier molecular flexibility index (Phi) is 5.17. The van der Waals surface area contributed by atoms with Crippen molar-refractivity contribution in [2.45, 2.75) is 0 Å². The molecular weight excluding hydrogens is 348 g/mol. The first-order chi connectivity index (χ1) is 13.0. The minimum Gasteiger partial charge on any atom is -0.473 e. The molecular formula is C19H14N4O4. The normalized spacial score (nSPS) is 10.1. The Morgan fingerprint density at radius 3 is 2.33 bits per heavy atom. The van der Waals surface area contributed by atoms with Crippen LogP contribution in [0, 0.1) is 0 Å². The molecule has 0 aliphatic heterocycles. The largest absolute Gasteiger partial charge is 0.473 e. The zero-order chi connectivity index (χ0) is 19.2. The molecule has 0 aliphatic carbocycles. The third-order valence-corrected chi connectivity index (χ3v) is 3.58. The van der Waals surface area contributed by atoms with Crippen molar-refractivity contribution < 1.29 is 19.8 Å². The zero-order valence-electron chi connectivity index (χ0n) is 13.9. The maximum absolute atomic E-state index is 9.10. The first kappa shape index (κ1) is 17.7. The summed E-state index contributed by atoms with van der Waals surface area (Å²) in [5.74, 6) is -2.90. The van der Waals surface area contributed by atoms with Crippen molar-refractivity contribution in [2.75, 3.05) is 0 Å². The van der Waals surface area contributed by atoms with Crippen molar-refractivity contribution in [1.82, 2.24) is 19.5 Å². The Bertz CT molecular complexity index is 1070. The van der Waals surface area contributed by atoms with Gasteiger partial charge in [-0.25, -0.2) is 24.5 Å². The minimum absolute atomic E-state index is 0.749. The van der Waals surface area contributed by atoms with Crippen molar-refractivity contribution >= 4 is 22.8 Å². The first-order valence-electron chi connectivity index (χ1n) is 7.81. The molecule has 0 bridgehead atoms. The second kappa shape index (κ2) is 7.87. The lowest BCUT2D eigenvalue weighted by Gasteiger charge is -2.05. The average molecular weight is 362 g/mol. The van der Waals surface area contributed by atoms with Crippen molar-refractivity contribution in [3.8, 4) is 17.1 Å². The minimum atomic E-state index is -1.82. The Hall–Kier alpha value is -4.07. The summed E-state index contributed by atoms with van der Waals surface area (Å²) in [7, 11) is 0. The summed E-state index contributed by atoms with van der Waals surface area (Å²) >= 11 is 0. The van der Waals surface area contributed by atoms with Crippen LogP contribution < -0.4 is 0 Å². The number of carboxylic acid groups (broad SMARTS) is 2. The van der Waals surface area contributed by atoms with Gasteiger partial charge in [-0.2, -0.15) is 0 Å². The number of fused-ring (bicyclic) bond motifs is 1. The summed E-state index contributed by atoms with van der Waals surface area (Å²) in [5.41, 5.74) is 3.02. The Balaban J connectivity index is 0.000000307. The van der Waals surface area contributed by atoms with Crippen molar-refractivity contribution in [2.24, 2.45) is 0 Å². The number of rotatable bonds is 2. The Morgan fingerprint density at radius 2 is 1.70 bits per heavy atom. The van der Waals surface area contributed by atoms with Gasteiger partial charge in [0.15, 0.2) is 5.82 Å². The lowest BCUT2D eigenvalue weighted by atomic mass is 10.2. The molecule has 4 rings (SSSR count). The number of carbonyl (C=O) groups is 2. The molecule has 0 atom stereocenters. The van der Waals surface area contributed by atoms with Gasteiger partial charge in [0.25, 0.3) is 0 Å². The number of hydrogen-bond acceptors (Lipinski definition) is 5. The number of benzene rings is 2. The molecule has 0 spiro atoms. The highest BCUT2D eigenvalue weighted by Gasteiger charge is 2.05. The monoisotopic (exact) mass is 362 g/mol. The van der Waals surface area contributed by atoms with Gasteiger partial charge in [0.2, 0.25) is 0 Å². The highest BCUT2D eigenvalue weighted by molar-refractivity contribution is 6.27. The second-order valence-corrected chi connectivity index (χ2v) is 5.38. The van der Waals surface area contributed by atoms with Crippen LogP contribution in [0.1, 0.15) is 0 Å². The van der Waals surface area contributed by atoms with Gasteiger partial charge >= 0.3 is 11.9 Å². The first-order valence-corrected chi connectivity index (χ1v) is 7.81. The lowest BCUT2D eigenvalue weighted by Crippen LogP contribution is -2.09. The fourth-order valence-corrected chi connectivity index (χ4v) is 2.32. The molecule has 2 N–H and O–H groups in total. The van der Waals surface area contributed by atoms with Gasteiger partial charge in [-0.15, -0.1) is 0 Å². The Labute approximate surface area is 153 Å². The summed E-state index contributed by atoms with van der Waals surface area (Å²) in [6.07, 6.45) is 7.32. The third-order valence-electron chi connectivity index (χ3n) is 3.58. The van der Waals surface area contributed by atoms with Gasteiger partial charge in [-0.05, 0) is 18.2 Å². The topological polar surface area (TPSA) is 118 Å². The summed E-state index contributed by atoms with van der Waals surface area (Å²) < 4.78 is 1.96. The molecule has 2 aromatic heterocycles. The van der Waals surface area contributed by atoms with Gasteiger partial charge in [0.05, 0.1) is 11.8 Å². The van der Waals surface area contributed by atoms with E-state index >= 15 is 0 Å². The molecule has 2 aromatic carbocycles. The molecule has 0 radical (unpaired) electrons. The number of aliphatic carboxylic acids is 2. The number of nitrogens with zero attached hydrogens (tertiary/aromatic N) is 4. The van der Waals surface area contributed by atoms with Crippen LogP contribution in [0.4, 0.5) is 0 Å². The molecule has 0 saturated carbocycles. The van der Waals surface area contributed by atoms with Crippen molar-refractivity contribution in [3.05, 3.63) is 73.4 Å². The molecule has 2 heterocycles. The second-order valence-electron chi connectivity index (χ2n) is 5.38. The summed E-state index contributed by atoms with van der Waals surface area (Å²) in [6.45, 7) is 0. The van der Waals surface area contributed by atoms with E-state index in [9.17, 15) is 0 Å². The average Bonchev–Trinajstić information content (AvgIpc) is 3.23. The molecule has 134 valence electrons. The molecule has 0 aliphatic rings. The van der Waals surface area contributed by atoms with Gasteiger partial charge in [-0.3, -0.25) is 0 Å². The summed E-state index contributed by atoms with van der Waals surface area (Å²) in [6, 6.07) is 16.1. The molecule has 8 nitrogen and oxygen atoms in total. The highest BCUT2D eigenvalue weighted by Crippen LogP contribution is 2.20. The van der Waals surface area contributed by atoms with E-state index in [1.807, 2.05) is 59.4 Å². The predicted molar refractivity (Wildman–Crippen MR) is 97.4 cm³/mol. The van der Waals surface area contributed by atoms with E-state index in [-0.39, 0.29) is 0 Å². The van der Waals surface area contributed by atoms with E-state index in [1.54, 1.807) is 12.5 Å². The lowest BCUT2D eigenvalue weighted by molar-refractivity contribution is -0.159. The maximum Gasteiger partial charge on any atom is 0.414 e. The number of imidazole rings is 1. The fraction of sp³-hybridized carbons (Fsp3) is 0. The van der Waals surface area contributed by atoms with E-state index in [0.717, 1.165) is 28.0 Å². The van der Waals surface area contributed by atoms with Crippen LogP contribution in [0.2, 0.25) is 0 Å². The van der Waals surface area contributed by atoms with Crippen LogP contribution in [0.15, 0.2) is 73.4 Å². The van der Waals surface area contributed by atoms with Gasteiger partial charge < -0.3 is 14.8 Å². The van der Waals surface area contributed by atoms with Crippen molar-refractivity contribution in [1.29, 1.82) is 0 Å². The van der Waals surface area contributed by atoms with E-state index in [4.69, 9.17) is 19.8 Å². The van der Waals surface area contributed by atoms with Crippen LogP contribution in [0.3, 0.4) is 0 Å². The smallest absolute Gasteiger partial charge is 0.414 e. The summed E-state index contributed by atoms with van der Waals surface area (Å²) in [5, 5.41) is 15.8. The molecule has 0 unspecified atom stereocenters. The summed E-state index contributed by atoms with van der Waals surface area (Å²) in [4.78, 5) is 31.4. The van der Waals surface area contributed by atoms with Crippen LogP contribution in [-0.2, 0) is 9.59 Å². The van der Waals surface area contributed by atoms with Crippen LogP contribution >= 0.6 is 0 Å². The van der Waals surface area contributed by atoms with E-state index < -0.39 is 11.9 Å². The third kappa shape index (κ3) is 4.31. The predicted octanol–water partition coefficient (Wildman–Crippen LogP) is 2.64. The van der Waals surface area contributed by atoms with Crippen LogP contribution in [-0.4, -0.2) is 41.7 Å². The maximum atomic E-state index is 9.10. The standard InChI is InChI=1S/C17H12N4.C2H2O4/c1-2-4-13(5-3-1)17-19-11-14-10-15(6-7-16(14)20-17)21-9-8-18-12-21;3-1(4)2(5)6/h1-12H;(H,3,4)(H,5,6). The van der Waals surface area contributed by atoms with Crippen LogP contribution in [0.5, 0.6) is 0 Å². The van der Waals surface area contributed by atoms with Crippen molar-refractivity contribution in [3.63, 3.8) is 0 Å². The molecule has 0 fully saturated rings. The zero-order valence-corrected chi connectivity index (χ0v) is 13.9. The SMILES string of the molecule is O=C(O)C(=O)O.c1ccc(-c2ncc3cc(-n4ccnc4)ccc3n2)cc1. The van der Waals surface area contributed by atoms with Gasteiger partial charge in [-0.1, -0.05) is 30.3 Å².